The standard InChI is InChI=1S/C43H41Cl2N7O9/c1-24(53)13-36(57)61-51-21-28-6-4-12-49-41(28)52-42(58)33-9-3-8-32(39(33)45)37-31-7-2-5-27(31)10-11-34(37)60-43-40(59-23-26-14-25(16-46)17-47-18-26)38(44)29(20-50-43)19-48-22-30(54)15-35(55)56/h3-4,6,8-12,14,17-18,20,24,30,48,51,53-54H,2,5,7,13,15,19,21-23H2,1H3,(H,55,56)(H,49,52,58)/t24-,30-/m0/s1. The second-order valence-corrected chi connectivity index (χ2v) is 14.9. The summed E-state index contributed by atoms with van der Waals surface area (Å²) in [6.07, 6.45) is 5.73. The Labute approximate surface area is 360 Å². The van der Waals surface area contributed by atoms with E-state index in [2.05, 4.69) is 37.1 Å². The maximum Gasteiger partial charge on any atom is 0.327 e. The van der Waals surface area contributed by atoms with E-state index in [-0.39, 0.29) is 65.7 Å². The van der Waals surface area contributed by atoms with Gasteiger partial charge in [-0.05, 0) is 61.6 Å². The highest BCUT2D eigenvalue weighted by molar-refractivity contribution is 6.37. The molecule has 18 heteroatoms. The third-order valence-corrected chi connectivity index (χ3v) is 10.2. The summed E-state index contributed by atoms with van der Waals surface area (Å²) in [5.74, 6) is -1.70. The predicted octanol–water partition coefficient (Wildman–Crippen LogP) is 6.07. The summed E-state index contributed by atoms with van der Waals surface area (Å²) >= 11 is 14.1. The number of carbonyl (C=O) groups excluding carboxylic acids is 2. The molecule has 5 aromatic rings. The average molecular weight is 871 g/mol. The van der Waals surface area contributed by atoms with Crippen LogP contribution in [0.1, 0.15) is 69.9 Å². The van der Waals surface area contributed by atoms with Gasteiger partial charge in [-0.15, -0.1) is 5.48 Å². The van der Waals surface area contributed by atoms with Crippen molar-refractivity contribution in [2.24, 2.45) is 0 Å². The lowest BCUT2D eigenvalue weighted by molar-refractivity contribution is -0.153. The van der Waals surface area contributed by atoms with Gasteiger partial charge in [0.05, 0.1) is 52.8 Å². The minimum absolute atomic E-state index is 0.00104. The summed E-state index contributed by atoms with van der Waals surface area (Å²) in [5.41, 5.74) is 7.82. The van der Waals surface area contributed by atoms with Gasteiger partial charge in [-0.3, -0.25) is 19.4 Å². The summed E-state index contributed by atoms with van der Waals surface area (Å²) in [4.78, 5) is 54.8. The fraction of sp³-hybridized carbons (Fsp3) is 0.279. The first kappa shape index (κ1) is 44.4. The van der Waals surface area contributed by atoms with Crippen molar-refractivity contribution in [1.82, 2.24) is 25.7 Å². The van der Waals surface area contributed by atoms with Gasteiger partial charge >= 0.3 is 11.9 Å². The molecule has 6 N–H and O–H groups in total. The van der Waals surface area contributed by atoms with E-state index in [0.29, 0.717) is 45.6 Å². The number of pyridine rings is 3. The molecule has 16 nitrogen and oxygen atoms in total. The number of anilines is 1. The normalized spacial score (nSPS) is 12.8. The van der Waals surface area contributed by atoms with Gasteiger partial charge in [-0.1, -0.05) is 47.5 Å². The number of carboxylic acid groups (broad SMARTS) is 1. The van der Waals surface area contributed by atoms with E-state index in [0.717, 1.165) is 24.0 Å². The maximum absolute atomic E-state index is 13.9. The number of hydroxylamine groups is 1. The van der Waals surface area contributed by atoms with Gasteiger partial charge in [0.1, 0.15) is 24.2 Å². The number of benzene rings is 2. The fourth-order valence-electron chi connectivity index (χ4n) is 6.62. The highest BCUT2D eigenvalue weighted by atomic mass is 35.5. The van der Waals surface area contributed by atoms with E-state index in [1.807, 2.05) is 6.07 Å². The smallest absolute Gasteiger partial charge is 0.327 e. The number of fused-ring (bicyclic) bond motifs is 1. The number of aliphatic hydroxyl groups is 2. The average Bonchev–Trinajstić information content (AvgIpc) is 3.71. The SMILES string of the molecule is C[C@H](O)CC(=O)ONCc1cccnc1NC(=O)c1cccc(-c2c(Oc3ncc(CNC[C@@H](O)CC(=O)O)c(Cl)c3OCc3cncc(C#N)c3)ccc3c2CCC3)c1Cl. The van der Waals surface area contributed by atoms with Crippen LogP contribution in [-0.4, -0.2) is 66.9 Å². The van der Waals surface area contributed by atoms with Crippen molar-refractivity contribution >= 4 is 46.9 Å². The van der Waals surface area contributed by atoms with Crippen LogP contribution < -0.4 is 25.6 Å². The number of hydrogen-bond donors (Lipinski definition) is 6. The van der Waals surface area contributed by atoms with Crippen molar-refractivity contribution in [3.05, 3.63) is 122 Å². The predicted molar refractivity (Wildman–Crippen MR) is 223 cm³/mol. The molecule has 61 heavy (non-hydrogen) atoms. The first-order valence-corrected chi connectivity index (χ1v) is 19.9. The Kier molecular flexibility index (Phi) is 15.2. The third kappa shape index (κ3) is 11.6. The lowest BCUT2D eigenvalue weighted by Crippen LogP contribution is -2.28. The second kappa shape index (κ2) is 20.9. The quantitative estimate of drug-likeness (QED) is 0.0516. The van der Waals surface area contributed by atoms with Crippen molar-refractivity contribution in [3.63, 3.8) is 0 Å². The molecule has 0 spiro atoms. The van der Waals surface area contributed by atoms with Crippen LogP contribution >= 0.6 is 23.2 Å². The monoisotopic (exact) mass is 869 g/mol. The zero-order chi connectivity index (χ0) is 43.5. The molecule has 3 heterocycles. The van der Waals surface area contributed by atoms with E-state index >= 15 is 0 Å². The molecule has 1 aliphatic carbocycles. The van der Waals surface area contributed by atoms with Gasteiger partial charge < -0.3 is 40.3 Å². The molecule has 0 radical (unpaired) electrons. The number of nitrogens with zero attached hydrogens (tertiary/aromatic N) is 4. The number of ether oxygens (including phenoxy) is 2. The molecule has 1 amide bonds. The number of aliphatic carboxylic acids is 1. The molecule has 316 valence electrons. The number of aliphatic hydroxyl groups excluding tert-OH is 2. The van der Waals surface area contributed by atoms with Crippen LogP contribution in [-0.2, 0) is 47.0 Å². The van der Waals surface area contributed by atoms with Gasteiger partial charge in [0, 0.05) is 65.7 Å². The van der Waals surface area contributed by atoms with Crippen LogP contribution in [0.25, 0.3) is 11.1 Å². The number of rotatable bonds is 19. The Morgan fingerprint density at radius 3 is 2.59 bits per heavy atom. The Morgan fingerprint density at radius 2 is 1.80 bits per heavy atom. The molecule has 2 atom stereocenters. The van der Waals surface area contributed by atoms with E-state index in [9.17, 15) is 29.9 Å². The van der Waals surface area contributed by atoms with Gasteiger partial charge in [-0.25, -0.2) is 9.97 Å². The Balaban J connectivity index is 1.31. The van der Waals surface area contributed by atoms with Crippen molar-refractivity contribution in [3.8, 4) is 34.6 Å². The lowest BCUT2D eigenvalue weighted by Gasteiger charge is -2.20. The molecular weight excluding hydrogens is 829 g/mol. The number of nitrogens with one attached hydrogen (secondary N) is 3. The number of amides is 1. The van der Waals surface area contributed by atoms with Crippen molar-refractivity contribution in [1.29, 1.82) is 5.26 Å². The largest absolute Gasteiger partial charge is 0.482 e. The summed E-state index contributed by atoms with van der Waals surface area (Å²) < 4.78 is 12.8. The minimum atomic E-state index is -1.14. The van der Waals surface area contributed by atoms with Gasteiger partial charge in [-0.2, -0.15) is 5.26 Å². The van der Waals surface area contributed by atoms with Crippen LogP contribution in [0.4, 0.5) is 5.82 Å². The van der Waals surface area contributed by atoms with Gasteiger partial charge in [0.25, 0.3) is 11.8 Å². The van der Waals surface area contributed by atoms with Gasteiger partial charge in [0.15, 0.2) is 0 Å². The molecule has 0 bridgehead atoms. The number of aromatic nitrogens is 3. The lowest BCUT2D eigenvalue weighted by atomic mass is 9.94. The van der Waals surface area contributed by atoms with E-state index in [1.165, 1.54) is 25.5 Å². The highest BCUT2D eigenvalue weighted by Gasteiger charge is 2.27. The zero-order valence-corrected chi connectivity index (χ0v) is 34.3. The van der Waals surface area contributed by atoms with Crippen LogP contribution in [0, 0.1) is 11.3 Å². The molecule has 3 aromatic heterocycles. The molecule has 2 aromatic carbocycles. The highest BCUT2D eigenvalue weighted by Crippen LogP contribution is 2.46. The van der Waals surface area contributed by atoms with Crippen LogP contribution in [0.2, 0.25) is 10.0 Å². The summed E-state index contributed by atoms with van der Waals surface area (Å²) in [5, 5.41) is 44.0. The topological polar surface area (TPSA) is 238 Å². The summed E-state index contributed by atoms with van der Waals surface area (Å²) in [6, 6.07) is 15.9. The van der Waals surface area contributed by atoms with Gasteiger partial charge in [0.2, 0.25) is 5.75 Å². The molecule has 0 fully saturated rings. The maximum atomic E-state index is 13.9. The molecule has 6 rings (SSSR count). The third-order valence-electron chi connectivity index (χ3n) is 9.42. The molecule has 0 unspecified atom stereocenters. The molecule has 0 aliphatic heterocycles. The second-order valence-electron chi connectivity index (χ2n) is 14.1. The fourth-order valence-corrected chi connectivity index (χ4v) is 7.18. The Hall–Kier alpha value is -6.19. The van der Waals surface area contributed by atoms with Crippen LogP contribution in [0.15, 0.2) is 73.3 Å². The molecular formula is C43H41Cl2N7O9. The van der Waals surface area contributed by atoms with E-state index in [4.69, 9.17) is 42.6 Å². The van der Waals surface area contributed by atoms with E-state index in [1.54, 1.807) is 48.7 Å². The van der Waals surface area contributed by atoms with Crippen molar-refractivity contribution in [2.75, 3.05) is 11.9 Å². The molecule has 1 aliphatic rings. The number of aryl methyl sites for hydroxylation is 1. The minimum Gasteiger partial charge on any atom is -0.482 e. The number of halogens is 2. The van der Waals surface area contributed by atoms with Crippen molar-refractivity contribution < 1.29 is 44.0 Å². The number of nitriles is 1. The van der Waals surface area contributed by atoms with Crippen LogP contribution in [0.3, 0.4) is 0 Å². The zero-order valence-electron chi connectivity index (χ0n) is 32.8. The summed E-state index contributed by atoms with van der Waals surface area (Å²) in [6.45, 7) is 1.50. The first-order valence-electron chi connectivity index (χ1n) is 19.1. The number of carboxylic acids is 1. The molecule has 0 saturated heterocycles. The van der Waals surface area contributed by atoms with Crippen molar-refractivity contribution in [2.45, 2.75) is 70.9 Å². The van der Waals surface area contributed by atoms with E-state index < -0.39 is 36.5 Å². The Bertz CT molecular complexity index is 2460. The molecule has 0 saturated carbocycles. The number of carbonyl (C=O) groups is 3. The first-order chi connectivity index (χ1) is 29.4. The summed E-state index contributed by atoms with van der Waals surface area (Å²) in [7, 11) is 0. The van der Waals surface area contributed by atoms with Crippen LogP contribution in [0.5, 0.6) is 17.4 Å². The number of hydrogen-bond acceptors (Lipinski definition) is 14. The Morgan fingerprint density at radius 1 is 0.967 bits per heavy atom.